The van der Waals surface area contributed by atoms with Crippen molar-refractivity contribution in [2.24, 2.45) is 0 Å². The van der Waals surface area contributed by atoms with Crippen molar-refractivity contribution >= 4 is 28.6 Å². The normalized spacial score (nSPS) is 17.9. The van der Waals surface area contributed by atoms with Crippen LogP contribution >= 0.6 is 0 Å². The zero-order chi connectivity index (χ0) is 33.2. The number of piperazine rings is 1. The molecular weight excluding hydrogens is 599 g/mol. The molecule has 0 saturated carbocycles. The molecule has 2 saturated heterocycles. The maximum atomic E-state index is 14.2. The number of nitrogens with zero attached hydrogens (tertiary/aromatic N) is 9. The highest BCUT2D eigenvalue weighted by atomic mass is 19.4. The Bertz CT molecular complexity index is 1710. The lowest BCUT2D eigenvalue weighted by Crippen LogP contribution is -2.55. The molecule has 5 rings (SSSR count). The standard InChI is InChI=1S/C32H38F3N9O2/c1-5-26(45)43-18-17-42(20-23(43)11-14-36)29-24-19-37-44(25-10-8-9-21(4)27(25)32(33,34)35)30(46)28(24)38-31(39-29)41-15-12-22(13-16-41)40(6-2)7-3/h5,8-10,19,22-23H,1,6-7,11-13,15-18,20H2,2-4H3. The molecule has 11 nitrogen and oxygen atoms in total. The minimum absolute atomic E-state index is 0.0330. The third kappa shape index (κ3) is 6.28. The van der Waals surface area contributed by atoms with Gasteiger partial charge in [-0.15, -0.1) is 0 Å². The van der Waals surface area contributed by atoms with E-state index in [1.165, 1.54) is 37.4 Å². The van der Waals surface area contributed by atoms with Gasteiger partial charge in [0.1, 0.15) is 11.3 Å². The van der Waals surface area contributed by atoms with Gasteiger partial charge in [-0.3, -0.25) is 9.59 Å². The molecule has 1 aromatic carbocycles. The van der Waals surface area contributed by atoms with Gasteiger partial charge in [0.05, 0.1) is 41.4 Å². The van der Waals surface area contributed by atoms with Crippen LogP contribution < -0.4 is 15.4 Å². The van der Waals surface area contributed by atoms with Gasteiger partial charge >= 0.3 is 6.18 Å². The van der Waals surface area contributed by atoms with Crippen LogP contribution in [0.3, 0.4) is 0 Å². The summed E-state index contributed by atoms with van der Waals surface area (Å²) in [6, 6.07) is 6.09. The average molecular weight is 638 g/mol. The van der Waals surface area contributed by atoms with E-state index in [9.17, 15) is 28.0 Å². The minimum atomic E-state index is -4.72. The quantitative estimate of drug-likeness (QED) is 0.339. The molecule has 0 aliphatic carbocycles. The van der Waals surface area contributed by atoms with Crippen LogP contribution in [-0.2, 0) is 11.0 Å². The van der Waals surface area contributed by atoms with E-state index >= 15 is 0 Å². The molecule has 1 amide bonds. The second-order valence-electron chi connectivity index (χ2n) is 11.6. The third-order valence-corrected chi connectivity index (χ3v) is 9.02. The molecule has 244 valence electrons. The Balaban J connectivity index is 1.63. The van der Waals surface area contributed by atoms with Crippen molar-refractivity contribution in [3.63, 3.8) is 0 Å². The molecule has 1 unspecified atom stereocenters. The fourth-order valence-corrected chi connectivity index (χ4v) is 6.65. The first-order chi connectivity index (χ1) is 22.0. The molecule has 0 N–H and O–H groups in total. The highest BCUT2D eigenvalue weighted by molar-refractivity contribution is 5.90. The third-order valence-electron chi connectivity index (χ3n) is 9.02. The monoisotopic (exact) mass is 637 g/mol. The van der Waals surface area contributed by atoms with Crippen molar-refractivity contribution in [2.45, 2.75) is 58.3 Å². The Morgan fingerprint density at radius 1 is 1.13 bits per heavy atom. The molecule has 46 heavy (non-hydrogen) atoms. The van der Waals surface area contributed by atoms with E-state index in [-0.39, 0.29) is 47.6 Å². The maximum absolute atomic E-state index is 14.2. The van der Waals surface area contributed by atoms with Crippen molar-refractivity contribution in [2.75, 3.05) is 55.6 Å². The number of alkyl halides is 3. The van der Waals surface area contributed by atoms with Gasteiger partial charge in [0.2, 0.25) is 11.9 Å². The molecule has 2 fully saturated rings. The van der Waals surface area contributed by atoms with Crippen LogP contribution in [0.4, 0.5) is 24.9 Å². The number of amides is 1. The highest BCUT2D eigenvalue weighted by Crippen LogP contribution is 2.36. The first-order valence-corrected chi connectivity index (χ1v) is 15.5. The fourth-order valence-electron chi connectivity index (χ4n) is 6.65. The lowest BCUT2D eigenvalue weighted by Gasteiger charge is -2.41. The molecule has 2 aliphatic heterocycles. The molecule has 3 aromatic rings. The summed E-state index contributed by atoms with van der Waals surface area (Å²) in [6.45, 7) is 13.2. The largest absolute Gasteiger partial charge is 0.418 e. The van der Waals surface area contributed by atoms with E-state index in [1.807, 2.05) is 9.80 Å². The first kappa shape index (κ1) is 32.9. The van der Waals surface area contributed by atoms with E-state index in [0.717, 1.165) is 30.6 Å². The van der Waals surface area contributed by atoms with Gasteiger partial charge in [0, 0.05) is 38.8 Å². The summed E-state index contributed by atoms with van der Waals surface area (Å²) in [7, 11) is 0. The van der Waals surface area contributed by atoms with Gasteiger partial charge in [0.25, 0.3) is 5.56 Å². The zero-order valence-corrected chi connectivity index (χ0v) is 26.3. The van der Waals surface area contributed by atoms with Gasteiger partial charge in [0.15, 0.2) is 0 Å². The predicted octanol–water partition coefficient (Wildman–Crippen LogP) is 3.93. The second kappa shape index (κ2) is 13.5. The van der Waals surface area contributed by atoms with Crippen LogP contribution in [-0.4, -0.2) is 93.4 Å². The zero-order valence-electron chi connectivity index (χ0n) is 26.3. The van der Waals surface area contributed by atoms with Gasteiger partial charge in [-0.1, -0.05) is 32.6 Å². The van der Waals surface area contributed by atoms with Crippen molar-refractivity contribution < 1.29 is 18.0 Å². The number of rotatable bonds is 8. The van der Waals surface area contributed by atoms with E-state index in [0.29, 0.717) is 37.4 Å². The predicted molar refractivity (Wildman–Crippen MR) is 169 cm³/mol. The molecule has 2 aliphatic rings. The van der Waals surface area contributed by atoms with Crippen molar-refractivity contribution in [3.05, 3.63) is 58.5 Å². The number of fused-ring (bicyclic) bond motifs is 1. The summed E-state index contributed by atoms with van der Waals surface area (Å²) < 4.78 is 43.2. The van der Waals surface area contributed by atoms with Gasteiger partial charge < -0.3 is 19.6 Å². The fraction of sp³-hybridized carbons (Fsp3) is 0.500. The Kier molecular flexibility index (Phi) is 9.62. The second-order valence-corrected chi connectivity index (χ2v) is 11.6. The number of hydrogen-bond acceptors (Lipinski definition) is 9. The number of aryl methyl sites for hydroxylation is 1. The number of anilines is 2. The molecule has 0 bridgehead atoms. The van der Waals surface area contributed by atoms with E-state index in [1.54, 1.807) is 4.90 Å². The Morgan fingerprint density at radius 2 is 1.85 bits per heavy atom. The van der Waals surface area contributed by atoms with Gasteiger partial charge in [-0.25, -0.2) is 4.98 Å². The number of benzene rings is 1. The molecule has 0 spiro atoms. The number of piperidine rings is 1. The Hall–Kier alpha value is -4.51. The first-order valence-electron chi connectivity index (χ1n) is 15.5. The lowest BCUT2D eigenvalue weighted by molar-refractivity contribution is -0.138. The van der Waals surface area contributed by atoms with E-state index in [4.69, 9.17) is 4.98 Å². The Labute approximate surface area is 265 Å². The highest BCUT2D eigenvalue weighted by Gasteiger charge is 2.37. The summed E-state index contributed by atoms with van der Waals surface area (Å²) >= 11 is 0. The summed E-state index contributed by atoms with van der Waals surface area (Å²) in [5, 5.41) is 14.0. The number of carbonyl (C=O) groups excluding carboxylic acids is 1. The van der Waals surface area contributed by atoms with Gasteiger partial charge in [-0.05, 0) is 50.6 Å². The van der Waals surface area contributed by atoms with Gasteiger partial charge in [-0.2, -0.15) is 33.2 Å². The molecule has 1 atom stereocenters. The Morgan fingerprint density at radius 3 is 2.48 bits per heavy atom. The molecule has 4 heterocycles. The summed E-state index contributed by atoms with van der Waals surface area (Å²) in [5.41, 5.74) is -2.22. The van der Waals surface area contributed by atoms with Crippen LogP contribution in [0.15, 0.2) is 41.8 Å². The van der Waals surface area contributed by atoms with Crippen LogP contribution in [0.1, 0.15) is 44.2 Å². The number of halogens is 3. The van der Waals surface area contributed by atoms with Crippen molar-refractivity contribution in [3.8, 4) is 11.8 Å². The molecule has 0 radical (unpaired) electrons. The van der Waals surface area contributed by atoms with Crippen molar-refractivity contribution in [1.82, 2.24) is 29.5 Å². The molecule has 2 aromatic heterocycles. The summed E-state index contributed by atoms with van der Waals surface area (Å²) in [6.07, 6.45) is -0.373. The SMILES string of the molecule is C=CC(=O)N1CCN(c2nc(N3CCC(N(CC)CC)CC3)nc3c(=O)n(-c4cccc(C)c4C(F)(F)F)ncc23)CC1CC#N. The maximum Gasteiger partial charge on any atom is 0.418 e. The summed E-state index contributed by atoms with van der Waals surface area (Å²) in [5.74, 6) is 0.404. The van der Waals surface area contributed by atoms with E-state index in [2.05, 4.69) is 41.5 Å². The smallest absolute Gasteiger partial charge is 0.352 e. The topological polar surface area (TPSA) is 114 Å². The number of hydrogen-bond donors (Lipinski definition) is 0. The molecular formula is C32H38F3N9O2. The van der Waals surface area contributed by atoms with Crippen molar-refractivity contribution in [1.29, 1.82) is 5.26 Å². The molecule has 14 heteroatoms. The number of aromatic nitrogens is 4. The van der Waals surface area contributed by atoms with Crippen LogP contribution in [0.25, 0.3) is 16.6 Å². The van der Waals surface area contributed by atoms with Crippen LogP contribution in [0, 0.1) is 18.3 Å². The van der Waals surface area contributed by atoms with E-state index < -0.39 is 23.3 Å². The average Bonchev–Trinajstić information content (AvgIpc) is 3.04. The van der Waals surface area contributed by atoms with Crippen LogP contribution in [0.2, 0.25) is 0 Å². The van der Waals surface area contributed by atoms with Crippen LogP contribution in [0.5, 0.6) is 0 Å². The number of nitriles is 1. The lowest BCUT2D eigenvalue weighted by atomic mass is 10.0. The minimum Gasteiger partial charge on any atom is -0.352 e. The number of carbonyl (C=O) groups is 1. The summed E-state index contributed by atoms with van der Waals surface area (Å²) in [4.78, 5) is 44.1.